The summed E-state index contributed by atoms with van der Waals surface area (Å²) in [6, 6.07) is 16.1. The first kappa shape index (κ1) is 20.1. The van der Waals surface area contributed by atoms with E-state index >= 15 is 0 Å². The second-order valence-electron chi connectivity index (χ2n) is 5.83. The molecule has 8 heteroatoms. The van der Waals surface area contributed by atoms with Crippen molar-refractivity contribution in [3.8, 4) is 22.6 Å². The van der Waals surface area contributed by atoms with E-state index in [2.05, 4.69) is 0 Å². The molecule has 0 aromatic heterocycles. The lowest BCUT2D eigenvalue weighted by atomic mass is 10.0. The Morgan fingerprint density at radius 1 is 0.714 bits per heavy atom. The molecule has 28 heavy (non-hydrogen) atoms. The van der Waals surface area contributed by atoms with Crippen molar-refractivity contribution in [3.63, 3.8) is 0 Å². The van der Waals surface area contributed by atoms with E-state index in [0.29, 0.717) is 11.3 Å². The summed E-state index contributed by atoms with van der Waals surface area (Å²) in [5.41, 5.74) is 23.7. The highest BCUT2D eigenvalue weighted by Gasteiger charge is 2.11. The third-order valence-electron chi connectivity index (χ3n) is 3.84. The fourth-order valence-corrected chi connectivity index (χ4v) is 2.32. The molecule has 0 saturated heterocycles. The number of hydrogen-bond acceptors (Lipinski definition) is 6. The van der Waals surface area contributed by atoms with Crippen LogP contribution in [0.25, 0.3) is 11.1 Å². The Morgan fingerprint density at radius 2 is 1.25 bits per heavy atom. The van der Waals surface area contributed by atoms with Gasteiger partial charge in [0.1, 0.15) is 0 Å². The number of primary amides is 2. The third-order valence-corrected chi connectivity index (χ3v) is 3.84. The van der Waals surface area contributed by atoms with Crippen LogP contribution in [0.3, 0.4) is 0 Å². The molecule has 144 valence electrons. The van der Waals surface area contributed by atoms with Crippen molar-refractivity contribution in [2.75, 3.05) is 11.5 Å². The number of benzene rings is 3. The Labute approximate surface area is 161 Å². The molecule has 0 aliphatic heterocycles. The molecule has 0 fully saturated rings. The van der Waals surface area contributed by atoms with E-state index in [1.54, 1.807) is 42.5 Å². The van der Waals surface area contributed by atoms with Gasteiger partial charge in [0.05, 0.1) is 5.69 Å². The molecule has 2 amide bonds. The second-order valence-corrected chi connectivity index (χ2v) is 5.83. The highest BCUT2D eigenvalue weighted by Crippen LogP contribution is 2.40. The SMILES string of the molecule is NC(=O)c1cccc(C(N)=O)c1.Nc1ccc(-c2ccc(N)c(O)c2O)cc1. The largest absolute Gasteiger partial charge is 0.504 e. The number of nitrogens with two attached hydrogens (primary N) is 4. The highest BCUT2D eigenvalue weighted by molar-refractivity contribution is 5.98. The van der Waals surface area contributed by atoms with Crippen molar-refractivity contribution in [2.45, 2.75) is 0 Å². The minimum atomic E-state index is -0.571. The second kappa shape index (κ2) is 8.45. The monoisotopic (exact) mass is 380 g/mol. The Morgan fingerprint density at radius 3 is 1.75 bits per heavy atom. The van der Waals surface area contributed by atoms with Gasteiger partial charge in [0.15, 0.2) is 11.5 Å². The van der Waals surface area contributed by atoms with Crippen LogP contribution in [0.2, 0.25) is 0 Å². The quantitative estimate of drug-likeness (QED) is 0.298. The molecule has 10 N–H and O–H groups in total. The van der Waals surface area contributed by atoms with Gasteiger partial charge >= 0.3 is 0 Å². The van der Waals surface area contributed by atoms with Crippen LogP contribution < -0.4 is 22.9 Å². The molecule has 0 spiro atoms. The van der Waals surface area contributed by atoms with Gasteiger partial charge in [0.25, 0.3) is 0 Å². The third kappa shape index (κ3) is 4.70. The van der Waals surface area contributed by atoms with Gasteiger partial charge in [-0.15, -0.1) is 0 Å². The fourth-order valence-electron chi connectivity index (χ4n) is 2.32. The lowest BCUT2D eigenvalue weighted by molar-refractivity contribution is 0.0999. The van der Waals surface area contributed by atoms with Gasteiger partial charge in [-0.05, 0) is 48.0 Å². The van der Waals surface area contributed by atoms with Crippen molar-refractivity contribution in [1.82, 2.24) is 0 Å². The van der Waals surface area contributed by atoms with E-state index in [0.717, 1.165) is 5.56 Å². The molecular formula is C20H20N4O4. The first-order valence-electron chi connectivity index (χ1n) is 8.06. The minimum Gasteiger partial charge on any atom is -0.504 e. The number of nitrogen functional groups attached to an aromatic ring is 2. The molecule has 0 atom stereocenters. The number of amides is 2. The molecular weight excluding hydrogens is 360 g/mol. The van der Waals surface area contributed by atoms with Crippen molar-refractivity contribution in [2.24, 2.45) is 11.5 Å². The van der Waals surface area contributed by atoms with E-state index < -0.39 is 11.8 Å². The average Bonchev–Trinajstić information content (AvgIpc) is 2.68. The molecule has 3 aromatic carbocycles. The molecule has 0 aliphatic carbocycles. The molecule has 0 radical (unpaired) electrons. The number of rotatable bonds is 3. The summed E-state index contributed by atoms with van der Waals surface area (Å²) in [7, 11) is 0. The number of phenols is 2. The van der Waals surface area contributed by atoms with Crippen LogP contribution in [0.5, 0.6) is 11.5 Å². The Balaban J connectivity index is 0.000000209. The highest BCUT2D eigenvalue weighted by atomic mass is 16.3. The molecule has 0 bridgehead atoms. The van der Waals surface area contributed by atoms with Crippen LogP contribution in [0.15, 0.2) is 60.7 Å². The van der Waals surface area contributed by atoms with Crippen LogP contribution in [0.1, 0.15) is 20.7 Å². The van der Waals surface area contributed by atoms with Crippen molar-refractivity contribution in [3.05, 3.63) is 71.8 Å². The molecule has 0 unspecified atom stereocenters. The standard InChI is InChI=1S/C12H12N2O2.C8H8N2O2/c13-8-3-1-7(2-4-8)9-5-6-10(14)12(16)11(9)15;9-7(11)5-2-1-3-6(4-5)8(10)12/h1-6,15-16H,13-14H2;1-4H,(H2,9,11)(H2,10,12). The van der Waals surface area contributed by atoms with Crippen LogP contribution in [0.4, 0.5) is 11.4 Å². The zero-order valence-electron chi connectivity index (χ0n) is 14.8. The maximum absolute atomic E-state index is 10.6. The summed E-state index contributed by atoms with van der Waals surface area (Å²) < 4.78 is 0. The first-order valence-corrected chi connectivity index (χ1v) is 8.06. The predicted molar refractivity (Wildman–Crippen MR) is 108 cm³/mol. The summed E-state index contributed by atoms with van der Waals surface area (Å²) in [5, 5.41) is 19.2. The molecule has 0 heterocycles. The minimum absolute atomic E-state index is 0.150. The predicted octanol–water partition coefficient (Wildman–Crippen LogP) is 1.81. The van der Waals surface area contributed by atoms with E-state index in [1.165, 1.54) is 18.2 Å². The van der Waals surface area contributed by atoms with Gasteiger partial charge in [0, 0.05) is 22.4 Å². The Bertz CT molecular complexity index is 988. The smallest absolute Gasteiger partial charge is 0.248 e. The van der Waals surface area contributed by atoms with Crippen LogP contribution in [-0.2, 0) is 0 Å². The lowest BCUT2D eigenvalue weighted by Crippen LogP contribution is -2.14. The zero-order valence-corrected chi connectivity index (χ0v) is 14.8. The van der Waals surface area contributed by atoms with E-state index in [1.807, 2.05) is 0 Å². The maximum atomic E-state index is 10.6. The van der Waals surface area contributed by atoms with Gasteiger partial charge in [0.2, 0.25) is 11.8 Å². The molecule has 0 aliphatic rings. The van der Waals surface area contributed by atoms with Gasteiger partial charge in [-0.2, -0.15) is 0 Å². The van der Waals surface area contributed by atoms with Gasteiger partial charge < -0.3 is 33.1 Å². The molecule has 8 nitrogen and oxygen atoms in total. The lowest BCUT2D eigenvalue weighted by Gasteiger charge is -2.08. The summed E-state index contributed by atoms with van der Waals surface area (Å²) in [4.78, 5) is 21.3. The fraction of sp³-hybridized carbons (Fsp3) is 0. The van der Waals surface area contributed by atoms with Crippen molar-refractivity contribution >= 4 is 23.2 Å². The van der Waals surface area contributed by atoms with Gasteiger partial charge in [-0.3, -0.25) is 9.59 Å². The zero-order chi connectivity index (χ0) is 20.8. The maximum Gasteiger partial charge on any atom is 0.248 e. The number of carbonyl (C=O) groups excluding carboxylic acids is 2. The van der Waals surface area contributed by atoms with E-state index in [-0.39, 0.29) is 28.3 Å². The number of carbonyl (C=O) groups is 2. The summed E-state index contributed by atoms with van der Waals surface area (Å²) in [6.07, 6.45) is 0. The molecule has 3 rings (SSSR count). The normalized spacial score (nSPS) is 9.86. The number of anilines is 2. The van der Waals surface area contributed by atoms with Crippen molar-refractivity contribution < 1.29 is 19.8 Å². The van der Waals surface area contributed by atoms with Gasteiger partial charge in [-0.1, -0.05) is 18.2 Å². The van der Waals surface area contributed by atoms with Crippen molar-refractivity contribution in [1.29, 1.82) is 0 Å². The first-order chi connectivity index (χ1) is 13.2. The average molecular weight is 380 g/mol. The number of aromatic hydroxyl groups is 2. The van der Waals surface area contributed by atoms with Crippen LogP contribution >= 0.6 is 0 Å². The molecule has 0 saturated carbocycles. The van der Waals surface area contributed by atoms with E-state index in [9.17, 15) is 19.8 Å². The van der Waals surface area contributed by atoms with Gasteiger partial charge in [-0.25, -0.2) is 0 Å². The number of hydrogen-bond donors (Lipinski definition) is 6. The summed E-state index contributed by atoms with van der Waals surface area (Å²) >= 11 is 0. The Hall–Kier alpha value is -4.20. The number of phenolic OH excluding ortho intramolecular Hbond substituents is 2. The topological polar surface area (TPSA) is 179 Å². The van der Waals surface area contributed by atoms with E-state index in [4.69, 9.17) is 22.9 Å². The summed E-state index contributed by atoms with van der Waals surface area (Å²) in [6.45, 7) is 0. The Kier molecular flexibility index (Phi) is 6.07. The van der Waals surface area contributed by atoms with Crippen LogP contribution in [0, 0.1) is 0 Å². The summed E-state index contributed by atoms with van der Waals surface area (Å²) in [5.74, 6) is -1.66. The molecule has 3 aromatic rings. The van der Waals surface area contributed by atoms with Crippen LogP contribution in [-0.4, -0.2) is 22.0 Å².